The zero-order valence-corrected chi connectivity index (χ0v) is 9.54. The van der Waals surface area contributed by atoms with Gasteiger partial charge in [0.25, 0.3) is 0 Å². The highest BCUT2D eigenvalue weighted by Gasteiger charge is 2.34. The van der Waals surface area contributed by atoms with E-state index >= 15 is 0 Å². The van der Waals surface area contributed by atoms with Crippen molar-refractivity contribution in [2.75, 3.05) is 0 Å². The quantitative estimate of drug-likeness (QED) is 0.570. The largest absolute Gasteiger partial charge is 0.0654 e. The summed E-state index contributed by atoms with van der Waals surface area (Å²) in [5.74, 6) is 0. The van der Waals surface area contributed by atoms with Gasteiger partial charge in [0.1, 0.15) is 0 Å². The first-order valence-corrected chi connectivity index (χ1v) is 5.16. The van der Waals surface area contributed by atoms with Gasteiger partial charge in [0.15, 0.2) is 0 Å². The Bertz CT molecular complexity index is 104. The van der Waals surface area contributed by atoms with Crippen molar-refractivity contribution >= 4 is 0 Å². The fourth-order valence-electron chi connectivity index (χ4n) is 1.74. The molecule has 0 aliphatic rings. The van der Waals surface area contributed by atoms with Gasteiger partial charge in [0, 0.05) is 0 Å². The van der Waals surface area contributed by atoms with Crippen LogP contribution in [0, 0.1) is 17.8 Å². The minimum atomic E-state index is 0.435. The smallest absolute Gasteiger partial charge is 0.0303 e. The van der Waals surface area contributed by atoms with Crippen molar-refractivity contribution in [3.05, 3.63) is 6.92 Å². The molecule has 0 spiro atoms. The lowest BCUT2D eigenvalue weighted by Crippen LogP contribution is -2.32. The SMILES string of the molecule is [CH2]CCC(C)(C)C(C)(C)CCC. The average Bonchev–Trinajstić information content (AvgIpc) is 1.86. The van der Waals surface area contributed by atoms with Crippen molar-refractivity contribution in [1.29, 1.82) is 0 Å². The molecule has 0 heteroatoms. The van der Waals surface area contributed by atoms with Gasteiger partial charge in [-0.1, -0.05) is 54.4 Å². The van der Waals surface area contributed by atoms with Gasteiger partial charge in [-0.3, -0.25) is 0 Å². The van der Waals surface area contributed by atoms with Gasteiger partial charge in [-0.05, 0) is 23.7 Å². The standard InChI is InChI=1S/C12H25/c1-7-9-11(3,4)12(5,6)10-8-2/h1,7-10H2,2-6H3. The summed E-state index contributed by atoms with van der Waals surface area (Å²) in [5, 5.41) is 0. The molecule has 0 rings (SSSR count). The minimum Gasteiger partial charge on any atom is -0.0654 e. The summed E-state index contributed by atoms with van der Waals surface area (Å²) in [5.41, 5.74) is 0.893. The maximum atomic E-state index is 3.94. The third-order valence-electron chi connectivity index (χ3n) is 3.51. The fourth-order valence-corrected chi connectivity index (χ4v) is 1.74. The highest BCUT2D eigenvalue weighted by atomic mass is 14.4. The molecule has 0 saturated heterocycles. The Morgan fingerprint density at radius 2 is 1.33 bits per heavy atom. The summed E-state index contributed by atoms with van der Waals surface area (Å²) in [6.07, 6.45) is 4.90. The summed E-state index contributed by atoms with van der Waals surface area (Å²) in [4.78, 5) is 0. The maximum Gasteiger partial charge on any atom is -0.0303 e. The van der Waals surface area contributed by atoms with E-state index in [4.69, 9.17) is 0 Å². The highest BCUT2D eigenvalue weighted by Crippen LogP contribution is 2.45. The number of hydrogen-bond donors (Lipinski definition) is 0. The molecule has 0 fully saturated rings. The van der Waals surface area contributed by atoms with Crippen LogP contribution in [0.4, 0.5) is 0 Å². The van der Waals surface area contributed by atoms with Crippen molar-refractivity contribution in [2.24, 2.45) is 10.8 Å². The Hall–Kier alpha value is 0. The van der Waals surface area contributed by atoms with Crippen molar-refractivity contribution in [2.45, 2.75) is 60.3 Å². The molecule has 0 heterocycles. The molecular weight excluding hydrogens is 144 g/mol. The normalized spacial score (nSPS) is 13.5. The van der Waals surface area contributed by atoms with E-state index in [0.717, 1.165) is 6.42 Å². The Morgan fingerprint density at radius 1 is 0.917 bits per heavy atom. The molecule has 0 aliphatic carbocycles. The van der Waals surface area contributed by atoms with Crippen LogP contribution in [-0.4, -0.2) is 0 Å². The van der Waals surface area contributed by atoms with Crippen LogP contribution < -0.4 is 0 Å². The van der Waals surface area contributed by atoms with Crippen LogP contribution in [0.2, 0.25) is 0 Å². The second-order valence-electron chi connectivity index (χ2n) is 5.12. The van der Waals surface area contributed by atoms with E-state index in [0.29, 0.717) is 10.8 Å². The molecule has 73 valence electrons. The van der Waals surface area contributed by atoms with E-state index in [1.165, 1.54) is 19.3 Å². The van der Waals surface area contributed by atoms with E-state index in [-0.39, 0.29) is 0 Å². The highest BCUT2D eigenvalue weighted by molar-refractivity contribution is 4.85. The molecule has 0 N–H and O–H groups in total. The third-order valence-corrected chi connectivity index (χ3v) is 3.51. The molecule has 0 aromatic rings. The van der Waals surface area contributed by atoms with Gasteiger partial charge in [-0.25, -0.2) is 0 Å². The van der Waals surface area contributed by atoms with Crippen LogP contribution in [0.3, 0.4) is 0 Å². The predicted molar refractivity (Wildman–Crippen MR) is 57.1 cm³/mol. The fraction of sp³-hybridized carbons (Fsp3) is 0.917. The zero-order valence-electron chi connectivity index (χ0n) is 9.54. The van der Waals surface area contributed by atoms with Gasteiger partial charge in [-0.2, -0.15) is 0 Å². The van der Waals surface area contributed by atoms with Gasteiger partial charge < -0.3 is 0 Å². The monoisotopic (exact) mass is 169 g/mol. The topological polar surface area (TPSA) is 0 Å². The molecule has 0 nitrogen and oxygen atoms in total. The van der Waals surface area contributed by atoms with Gasteiger partial charge in [0.05, 0.1) is 0 Å². The molecular formula is C12H25. The van der Waals surface area contributed by atoms with Crippen LogP contribution in [-0.2, 0) is 0 Å². The lowest BCUT2D eigenvalue weighted by atomic mass is 9.64. The van der Waals surface area contributed by atoms with Crippen molar-refractivity contribution in [3.8, 4) is 0 Å². The van der Waals surface area contributed by atoms with E-state index in [1.54, 1.807) is 0 Å². The zero-order chi connectivity index (χ0) is 9.83. The molecule has 12 heavy (non-hydrogen) atoms. The first-order valence-electron chi connectivity index (χ1n) is 5.16. The van der Waals surface area contributed by atoms with Crippen molar-refractivity contribution in [1.82, 2.24) is 0 Å². The summed E-state index contributed by atoms with van der Waals surface area (Å²) in [6, 6.07) is 0. The summed E-state index contributed by atoms with van der Waals surface area (Å²) < 4.78 is 0. The van der Waals surface area contributed by atoms with E-state index in [2.05, 4.69) is 41.5 Å². The molecule has 0 atom stereocenters. The second-order valence-corrected chi connectivity index (χ2v) is 5.12. The van der Waals surface area contributed by atoms with E-state index < -0.39 is 0 Å². The lowest BCUT2D eigenvalue weighted by molar-refractivity contribution is 0.0881. The minimum absolute atomic E-state index is 0.435. The van der Waals surface area contributed by atoms with Crippen LogP contribution in [0.15, 0.2) is 0 Å². The van der Waals surface area contributed by atoms with Crippen molar-refractivity contribution < 1.29 is 0 Å². The van der Waals surface area contributed by atoms with Gasteiger partial charge >= 0.3 is 0 Å². The van der Waals surface area contributed by atoms with Gasteiger partial charge in [0.2, 0.25) is 0 Å². The van der Waals surface area contributed by atoms with E-state index in [1.807, 2.05) is 0 Å². The average molecular weight is 169 g/mol. The molecule has 0 aromatic heterocycles. The van der Waals surface area contributed by atoms with Crippen LogP contribution in [0.1, 0.15) is 60.3 Å². The molecule has 0 saturated carbocycles. The maximum absolute atomic E-state index is 3.94. The Labute approximate surface area is 78.8 Å². The van der Waals surface area contributed by atoms with E-state index in [9.17, 15) is 0 Å². The second kappa shape index (κ2) is 4.30. The Balaban J connectivity index is 4.28. The van der Waals surface area contributed by atoms with Crippen LogP contribution in [0.5, 0.6) is 0 Å². The molecule has 0 bridgehead atoms. The van der Waals surface area contributed by atoms with Crippen LogP contribution in [0.25, 0.3) is 0 Å². The summed E-state index contributed by atoms with van der Waals surface area (Å²) in [6.45, 7) is 15.7. The summed E-state index contributed by atoms with van der Waals surface area (Å²) in [7, 11) is 0. The predicted octanol–water partition coefficient (Wildman–Crippen LogP) is 4.45. The molecule has 1 radical (unpaired) electrons. The summed E-state index contributed by atoms with van der Waals surface area (Å²) >= 11 is 0. The molecule has 0 unspecified atom stereocenters. The molecule has 0 aromatic carbocycles. The third kappa shape index (κ3) is 2.80. The molecule has 0 aliphatic heterocycles. The van der Waals surface area contributed by atoms with Crippen molar-refractivity contribution in [3.63, 3.8) is 0 Å². The molecule has 0 amide bonds. The Kier molecular flexibility index (Phi) is 4.30. The first-order chi connectivity index (χ1) is 5.37. The Morgan fingerprint density at radius 3 is 1.67 bits per heavy atom. The number of rotatable bonds is 5. The lowest BCUT2D eigenvalue weighted by Gasteiger charge is -2.42. The van der Waals surface area contributed by atoms with Gasteiger partial charge in [-0.15, -0.1) is 0 Å². The van der Waals surface area contributed by atoms with Crippen LogP contribution >= 0.6 is 0 Å². The first kappa shape index (κ1) is 12.0. The number of hydrogen-bond acceptors (Lipinski definition) is 0.